The van der Waals surface area contributed by atoms with Crippen molar-refractivity contribution in [2.24, 2.45) is 0 Å². The molecule has 1 atom stereocenters. The summed E-state index contributed by atoms with van der Waals surface area (Å²) in [5.41, 5.74) is 1.01. The highest BCUT2D eigenvalue weighted by molar-refractivity contribution is 5.94. The van der Waals surface area contributed by atoms with Crippen molar-refractivity contribution in [1.82, 2.24) is 9.55 Å². The smallest absolute Gasteiger partial charge is 0.261 e. The van der Waals surface area contributed by atoms with Crippen LogP contribution in [0.1, 0.15) is 19.4 Å². The van der Waals surface area contributed by atoms with Crippen molar-refractivity contribution in [2.75, 3.05) is 12.4 Å². The highest BCUT2D eigenvalue weighted by Crippen LogP contribution is 2.19. The molecule has 1 unspecified atom stereocenters. The number of methoxy groups -OCH3 is 1. The molecule has 0 saturated carbocycles. The fourth-order valence-corrected chi connectivity index (χ4v) is 2.74. The summed E-state index contributed by atoms with van der Waals surface area (Å²) in [6.07, 6.45) is 1.90. The van der Waals surface area contributed by atoms with Crippen molar-refractivity contribution in [3.63, 3.8) is 0 Å². The molecule has 3 aromatic rings. The normalized spacial score (nSPS) is 11.9. The zero-order valence-corrected chi connectivity index (χ0v) is 14.1. The van der Waals surface area contributed by atoms with E-state index in [0.717, 1.165) is 0 Å². The van der Waals surface area contributed by atoms with Crippen molar-refractivity contribution >= 4 is 22.5 Å². The van der Waals surface area contributed by atoms with E-state index in [2.05, 4.69) is 10.3 Å². The highest BCUT2D eigenvalue weighted by atomic mass is 16.5. The van der Waals surface area contributed by atoms with Crippen LogP contribution in [0.15, 0.2) is 59.7 Å². The van der Waals surface area contributed by atoms with E-state index in [4.69, 9.17) is 4.74 Å². The Kier molecular flexibility index (Phi) is 4.79. The van der Waals surface area contributed by atoms with Crippen LogP contribution in [0.4, 0.5) is 5.69 Å². The zero-order valence-electron chi connectivity index (χ0n) is 14.1. The number of amides is 1. The molecular formula is C19H19N3O3. The minimum Gasteiger partial charge on any atom is -0.497 e. The molecule has 0 aliphatic heterocycles. The molecule has 1 amide bonds. The third-order valence-corrected chi connectivity index (χ3v) is 4.05. The van der Waals surface area contributed by atoms with Crippen LogP contribution in [0.25, 0.3) is 10.9 Å². The lowest BCUT2D eigenvalue weighted by atomic mass is 10.1. The third kappa shape index (κ3) is 3.38. The Morgan fingerprint density at radius 1 is 1.24 bits per heavy atom. The minimum atomic E-state index is -0.643. The fraction of sp³-hybridized carbons (Fsp3) is 0.211. The molecule has 128 valence electrons. The second kappa shape index (κ2) is 7.17. The van der Waals surface area contributed by atoms with Gasteiger partial charge in [-0.2, -0.15) is 0 Å². The number of carbonyl (C=O) groups is 1. The summed E-state index contributed by atoms with van der Waals surface area (Å²) in [6, 6.07) is 13.5. The summed E-state index contributed by atoms with van der Waals surface area (Å²) in [5, 5.41) is 3.33. The first kappa shape index (κ1) is 16.7. The number of hydrogen-bond donors (Lipinski definition) is 1. The summed E-state index contributed by atoms with van der Waals surface area (Å²) in [7, 11) is 1.57. The molecule has 0 aliphatic carbocycles. The Morgan fingerprint density at radius 3 is 2.80 bits per heavy atom. The van der Waals surface area contributed by atoms with E-state index in [1.54, 1.807) is 49.6 Å². The average molecular weight is 337 g/mol. The number of fused-ring (bicyclic) bond motifs is 1. The van der Waals surface area contributed by atoms with Gasteiger partial charge in [0, 0.05) is 11.8 Å². The molecule has 2 aromatic carbocycles. The Balaban J connectivity index is 1.92. The Hall–Kier alpha value is -3.15. The molecule has 1 N–H and O–H groups in total. The molecule has 0 saturated heterocycles. The van der Waals surface area contributed by atoms with Crippen LogP contribution < -0.4 is 15.6 Å². The summed E-state index contributed by atoms with van der Waals surface area (Å²) >= 11 is 0. The number of carbonyl (C=O) groups excluding carboxylic acids is 1. The predicted octanol–water partition coefficient (Wildman–Crippen LogP) is 2.99. The molecule has 6 nitrogen and oxygen atoms in total. The molecule has 0 spiro atoms. The molecule has 0 radical (unpaired) electrons. The van der Waals surface area contributed by atoms with Gasteiger partial charge in [0.1, 0.15) is 11.8 Å². The lowest BCUT2D eigenvalue weighted by Gasteiger charge is -2.18. The van der Waals surface area contributed by atoms with Crippen molar-refractivity contribution in [3.8, 4) is 5.75 Å². The highest BCUT2D eigenvalue weighted by Gasteiger charge is 2.21. The van der Waals surface area contributed by atoms with Gasteiger partial charge in [-0.25, -0.2) is 4.98 Å². The molecule has 25 heavy (non-hydrogen) atoms. The van der Waals surface area contributed by atoms with Gasteiger partial charge in [-0.3, -0.25) is 14.2 Å². The van der Waals surface area contributed by atoms with E-state index in [0.29, 0.717) is 28.8 Å². The number of nitrogens with one attached hydrogen (secondary N) is 1. The largest absolute Gasteiger partial charge is 0.497 e. The number of aromatic nitrogens is 2. The first-order valence-corrected chi connectivity index (χ1v) is 8.05. The van der Waals surface area contributed by atoms with E-state index in [9.17, 15) is 9.59 Å². The number of para-hydroxylation sites is 1. The summed E-state index contributed by atoms with van der Waals surface area (Å²) in [6.45, 7) is 1.86. The van der Waals surface area contributed by atoms with Crippen molar-refractivity contribution in [3.05, 3.63) is 65.2 Å². The summed E-state index contributed by atoms with van der Waals surface area (Å²) < 4.78 is 6.55. The second-order valence-electron chi connectivity index (χ2n) is 5.62. The van der Waals surface area contributed by atoms with Crippen LogP contribution in [0.2, 0.25) is 0 Å². The second-order valence-corrected chi connectivity index (χ2v) is 5.62. The SMILES string of the molecule is CCC(C(=O)Nc1cccc(OC)c1)n1cnc2ccccc2c1=O. The van der Waals surface area contributed by atoms with E-state index >= 15 is 0 Å². The first-order chi connectivity index (χ1) is 12.1. The molecule has 6 heteroatoms. The maximum atomic E-state index is 12.7. The van der Waals surface area contributed by atoms with E-state index in [-0.39, 0.29) is 11.5 Å². The monoisotopic (exact) mass is 337 g/mol. The molecule has 1 heterocycles. The van der Waals surface area contributed by atoms with Gasteiger partial charge in [-0.05, 0) is 30.7 Å². The number of hydrogen-bond acceptors (Lipinski definition) is 4. The van der Waals surface area contributed by atoms with E-state index < -0.39 is 6.04 Å². The van der Waals surface area contributed by atoms with Crippen molar-refractivity contribution in [2.45, 2.75) is 19.4 Å². The van der Waals surface area contributed by atoms with E-state index in [1.807, 2.05) is 13.0 Å². The molecule has 1 aromatic heterocycles. The summed E-state index contributed by atoms with van der Waals surface area (Å²) in [5.74, 6) is 0.380. The molecular weight excluding hydrogens is 318 g/mol. The first-order valence-electron chi connectivity index (χ1n) is 8.05. The van der Waals surface area contributed by atoms with Crippen molar-refractivity contribution < 1.29 is 9.53 Å². The summed E-state index contributed by atoms with van der Waals surface area (Å²) in [4.78, 5) is 29.7. The Labute approximate surface area is 145 Å². The van der Waals surface area contributed by atoms with Crippen LogP contribution in [0.5, 0.6) is 5.75 Å². The minimum absolute atomic E-state index is 0.224. The number of rotatable bonds is 5. The maximum absolute atomic E-state index is 12.7. The number of nitrogens with zero attached hydrogens (tertiary/aromatic N) is 2. The van der Waals surface area contributed by atoms with Crippen LogP contribution in [-0.4, -0.2) is 22.6 Å². The van der Waals surface area contributed by atoms with Gasteiger partial charge < -0.3 is 10.1 Å². The average Bonchev–Trinajstić information content (AvgIpc) is 2.64. The number of ether oxygens (including phenoxy) is 1. The van der Waals surface area contributed by atoms with Gasteiger partial charge in [-0.1, -0.05) is 25.1 Å². The topological polar surface area (TPSA) is 73.2 Å². The van der Waals surface area contributed by atoms with Crippen LogP contribution in [-0.2, 0) is 4.79 Å². The van der Waals surface area contributed by atoms with Gasteiger partial charge in [0.25, 0.3) is 5.56 Å². The van der Waals surface area contributed by atoms with Gasteiger partial charge in [0.2, 0.25) is 5.91 Å². The van der Waals surface area contributed by atoms with Gasteiger partial charge in [0.15, 0.2) is 0 Å². The van der Waals surface area contributed by atoms with Gasteiger partial charge in [0.05, 0.1) is 24.3 Å². The molecule has 0 aliphatic rings. The zero-order chi connectivity index (χ0) is 17.8. The van der Waals surface area contributed by atoms with Crippen molar-refractivity contribution in [1.29, 1.82) is 0 Å². The Morgan fingerprint density at radius 2 is 2.04 bits per heavy atom. The maximum Gasteiger partial charge on any atom is 0.261 e. The number of anilines is 1. The van der Waals surface area contributed by atoms with Gasteiger partial charge in [-0.15, -0.1) is 0 Å². The predicted molar refractivity (Wildman–Crippen MR) is 97.0 cm³/mol. The molecule has 0 fully saturated rings. The lowest BCUT2D eigenvalue weighted by Crippen LogP contribution is -2.33. The van der Waals surface area contributed by atoms with Gasteiger partial charge >= 0.3 is 0 Å². The number of benzene rings is 2. The molecule has 3 rings (SSSR count). The standard InChI is InChI=1S/C19H19N3O3/c1-3-17(18(23)21-13-7-6-8-14(11-13)25-2)22-12-20-16-10-5-4-9-15(16)19(22)24/h4-12,17H,3H2,1-2H3,(H,21,23). The third-order valence-electron chi connectivity index (χ3n) is 4.05. The fourth-order valence-electron chi connectivity index (χ4n) is 2.74. The lowest BCUT2D eigenvalue weighted by molar-refractivity contribution is -0.119. The molecule has 0 bridgehead atoms. The van der Waals surface area contributed by atoms with Crippen LogP contribution in [0, 0.1) is 0 Å². The Bertz CT molecular complexity index is 965. The van der Waals surface area contributed by atoms with Crippen LogP contribution >= 0.6 is 0 Å². The quantitative estimate of drug-likeness (QED) is 0.777. The van der Waals surface area contributed by atoms with E-state index in [1.165, 1.54) is 10.9 Å². The van der Waals surface area contributed by atoms with Crippen LogP contribution in [0.3, 0.4) is 0 Å².